The van der Waals surface area contributed by atoms with Gasteiger partial charge < -0.3 is 5.32 Å². The van der Waals surface area contributed by atoms with E-state index in [4.69, 9.17) is 0 Å². The van der Waals surface area contributed by atoms with E-state index < -0.39 is 0 Å². The van der Waals surface area contributed by atoms with Gasteiger partial charge in [-0.3, -0.25) is 0 Å². The van der Waals surface area contributed by atoms with E-state index >= 15 is 0 Å². The van der Waals surface area contributed by atoms with Gasteiger partial charge >= 0.3 is 0 Å². The molecular weight excluding hydrogens is 222 g/mol. The summed E-state index contributed by atoms with van der Waals surface area (Å²) in [5.74, 6) is 2.55. The lowest BCUT2D eigenvalue weighted by atomic mass is 9.77. The fourth-order valence-corrected chi connectivity index (χ4v) is 3.20. The van der Waals surface area contributed by atoms with Crippen molar-refractivity contribution >= 4 is 0 Å². The lowest BCUT2D eigenvalue weighted by molar-refractivity contribution is 0.221. The Bertz CT molecular complexity index is 370. The molecule has 1 heterocycles. The molecule has 1 fully saturated rings. The van der Waals surface area contributed by atoms with Gasteiger partial charge in [-0.25, -0.2) is 9.97 Å². The number of aromatic nitrogens is 2. The molecule has 1 aliphatic rings. The van der Waals surface area contributed by atoms with E-state index in [1.807, 2.05) is 20.2 Å². The number of rotatable bonds is 4. The molecule has 0 amide bonds. The normalized spacial score (nSPS) is 25.9. The van der Waals surface area contributed by atoms with Crippen LogP contribution >= 0.6 is 0 Å². The quantitative estimate of drug-likeness (QED) is 0.887. The van der Waals surface area contributed by atoms with Gasteiger partial charge in [0.25, 0.3) is 0 Å². The first-order valence-electron chi connectivity index (χ1n) is 7.21. The summed E-state index contributed by atoms with van der Waals surface area (Å²) >= 11 is 0. The van der Waals surface area contributed by atoms with Gasteiger partial charge in [-0.15, -0.1) is 0 Å². The minimum Gasteiger partial charge on any atom is -0.311 e. The molecule has 1 aromatic heterocycles. The minimum atomic E-state index is 0.393. The number of hydrogen-bond acceptors (Lipinski definition) is 3. The van der Waals surface area contributed by atoms with E-state index in [1.54, 1.807) is 0 Å². The van der Waals surface area contributed by atoms with Crippen molar-refractivity contribution in [1.82, 2.24) is 15.3 Å². The van der Waals surface area contributed by atoms with Crippen LogP contribution in [0.1, 0.15) is 56.6 Å². The van der Waals surface area contributed by atoms with Crippen LogP contribution in [0.2, 0.25) is 0 Å². The maximum Gasteiger partial charge on any atom is 0.125 e. The highest BCUT2D eigenvalue weighted by molar-refractivity contribution is 5.09. The van der Waals surface area contributed by atoms with Gasteiger partial charge in [-0.05, 0) is 44.7 Å². The first-order chi connectivity index (χ1) is 8.74. The van der Waals surface area contributed by atoms with Crippen LogP contribution in [0.5, 0.6) is 0 Å². The molecule has 1 saturated carbocycles. The van der Waals surface area contributed by atoms with E-state index in [0.29, 0.717) is 6.04 Å². The van der Waals surface area contributed by atoms with E-state index in [9.17, 15) is 0 Å². The first kappa shape index (κ1) is 13.5. The van der Waals surface area contributed by atoms with Crippen LogP contribution in [-0.4, -0.2) is 17.0 Å². The molecule has 0 spiro atoms. The van der Waals surface area contributed by atoms with Crippen LogP contribution in [0, 0.1) is 18.8 Å². The van der Waals surface area contributed by atoms with Crippen LogP contribution < -0.4 is 5.32 Å². The first-order valence-corrected chi connectivity index (χ1v) is 7.21. The molecule has 2 rings (SSSR count). The van der Waals surface area contributed by atoms with Crippen LogP contribution in [0.25, 0.3) is 0 Å². The van der Waals surface area contributed by atoms with Crippen molar-refractivity contribution in [1.29, 1.82) is 0 Å². The topological polar surface area (TPSA) is 37.8 Å². The van der Waals surface area contributed by atoms with Gasteiger partial charge in [0, 0.05) is 6.20 Å². The smallest absolute Gasteiger partial charge is 0.125 e. The van der Waals surface area contributed by atoms with Crippen molar-refractivity contribution in [2.45, 2.75) is 52.0 Å². The van der Waals surface area contributed by atoms with Gasteiger partial charge in [0.1, 0.15) is 5.82 Å². The molecule has 3 nitrogen and oxygen atoms in total. The Labute approximate surface area is 110 Å². The molecule has 0 saturated heterocycles. The van der Waals surface area contributed by atoms with Crippen molar-refractivity contribution in [2.75, 3.05) is 7.05 Å². The second kappa shape index (κ2) is 6.28. The van der Waals surface area contributed by atoms with E-state index in [1.165, 1.54) is 32.1 Å². The molecule has 1 atom stereocenters. The Hall–Kier alpha value is -0.960. The molecule has 0 radical (unpaired) electrons. The summed E-state index contributed by atoms with van der Waals surface area (Å²) in [5.41, 5.74) is 1.16. The number of aryl methyl sites for hydroxylation is 1. The third-order valence-electron chi connectivity index (χ3n) is 4.37. The van der Waals surface area contributed by atoms with Crippen molar-refractivity contribution in [3.8, 4) is 0 Å². The van der Waals surface area contributed by atoms with Crippen LogP contribution in [0.15, 0.2) is 12.3 Å². The maximum atomic E-state index is 4.59. The molecule has 3 heteroatoms. The largest absolute Gasteiger partial charge is 0.311 e. The summed E-state index contributed by atoms with van der Waals surface area (Å²) in [6.45, 7) is 4.28. The highest BCUT2D eigenvalue weighted by Gasteiger charge is 2.27. The highest BCUT2D eigenvalue weighted by atomic mass is 15.0. The summed E-state index contributed by atoms with van der Waals surface area (Å²) in [6, 6.07) is 2.45. The van der Waals surface area contributed by atoms with Crippen molar-refractivity contribution in [3.05, 3.63) is 23.8 Å². The summed E-state index contributed by atoms with van der Waals surface area (Å²) in [7, 11) is 2.05. The van der Waals surface area contributed by atoms with Gasteiger partial charge in [0.15, 0.2) is 0 Å². The second-order valence-corrected chi connectivity index (χ2v) is 5.48. The highest BCUT2D eigenvalue weighted by Crippen LogP contribution is 2.37. The third kappa shape index (κ3) is 3.08. The van der Waals surface area contributed by atoms with E-state index in [2.05, 4.69) is 28.3 Å². The Morgan fingerprint density at radius 3 is 2.61 bits per heavy atom. The van der Waals surface area contributed by atoms with Gasteiger partial charge in [0.2, 0.25) is 0 Å². The maximum absolute atomic E-state index is 4.59. The molecule has 1 aliphatic carbocycles. The predicted molar refractivity (Wildman–Crippen MR) is 74.3 cm³/mol. The molecule has 0 aromatic carbocycles. The van der Waals surface area contributed by atoms with Crippen LogP contribution in [0.3, 0.4) is 0 Å². The Morgan fingerprint density at radius 2 is 2.06 bits per heavy atom. The van der Waals surface area contributed by atoms with E-state index in [0.717, 1.165) is 23.4 Å². The fourth-order valence-electron chi connectivity index (χ4n) is 3.20. The van der Waals surface area contributed by atoms with Crippen molar-refractivity contribution in [3.63, 3.8) is 0 Å². The van der Waals surface area contributed by atoms with Crippen LogP contribution in [-0.2, 0) is 0 Å². The van der Waals surface area contributed by atoms with E-state index in [-0.39, 0.29) is 0 Å². The number of nitrogens with zero attached hydrogens (tertiary/aromatic N) is 2. The zero-order valence-corrected chi connectivity index (χ0v) is 11.8. The molecular formula is C15H25N3. The molecule has 1 aromatic rings. The molecule has 0 aliphatic heterocycles. The molecule has 1 unspecified atom stereocenters. The van der Waals surface area contributed by atoms with Crippen molar-refractivity contribution < 1.29 is 0 Å². The van der Waals surface area contributed by atoms with Crippen molar-refractivity contribution in [2.24, 2.45) is 11.8 Å². The summed E-state index contributed by atoms with van der Waals surface area (Å²) in [6.07, 6.45) is 8.62. The number of hydrogen-bond donors (Lipinski definition) is 1. The second-order valence-electron chi connectivity index (χ2n) is 5.48. The average Bonchev–Trinajstić information content (AvgIpc) is 2.40. The Balaban J connectivity index is 2.05. The molecule has 1 N–H and O–H groups in total. The van der Waals surface area contributed by atoms with Gasteiger partial charge in [-0.2, -0.15) is 0 Å². The Kier molecular flexibility index (Phi) is 4.70. The monoisotopic (exact) mass is 247 g/mol. The molecule has 100 valence electrons. The minimum absolute atomic E-state index is 0.393. The van der Waals surface area contributed by atoms with Crippen LogP contribution in [0.4, 0.5) is 0 Å². The SMILES string of the molecule is CCC1CCC(C(NC)c2ccnc(C)n2)CC1. The summed E-state index contributed by atoms with van der Waals surface area (Å²) in [4.78, 5) is 8.77. The Morgan fingerprint density at radius 1 is 1.33 bits per heavy atom. The van der Waals surface area contributed by atoms with Gasteiger partial charge in [-0.1, -0.05) is 26.2 Å². The molecule has 18 heavy (non-hydrogen) atoms. The summed E-state index contributed by atoms with van der Waals surface area (Å²) < 4.78 is 0. The third-order valence-corrected chi connectivity index (χ3v) is 4.37. The van der Waals surface area contributed by atoms with Gasteiger partial charge in [0.05, 0.1) is 11.7 Å². The predicted octanol–water partition coefficient (Wildman–Crippen LogP) is 3.26. The number of nitrogens with one attached hydrogen (secondary N) is 1. The fraction of sp³-hybridized carbons (Fsp3) is 0.733. The lowest BCUT2D eigenvalue weighted by Crippen LogP contribution is -2.29. The standard InChI is InChI=1S/C15H25N3/c1-4-12-5-7-13(8-6-12)15(16-3)14-9-10-17-11(2)18-14/h9-10,12-13,15-16H,4-8H2,1-3H3. The lowest BCUT2D eigenvalue weighted by Gasteiger charge is -2.33. The average molecular weight is 247 g/mol. The zero-order chi connectivity index (χ0) is 13.0. The molecule has 0 bridgehead atoms. The zero-order valence-electron chi connectivity index (χ0n) is 11.8. The summed E-state index contributed by atoms with van der Waals surface area (Å²) in [5, 5.41) is 3.46.